The van der Waals surface area contributed by atoms with E-state index in [1.807, 2.05) is 18.3 Å². The normalized spacial score (nSPS) is 16.2. The topological polar surface area (TPSA) is 28.6 Å². The molecule has 1 aliphatic rings. The van der Waals surface area contributed by atoms with Crippen LogP contribution in [0.4, 0.5) is 10.1 Å². The van der Waals surface area contributed by atoms with Gasteiger partial charge < -0.3 is 9.64 Å². The Labute approximate surface area is 142 Å². The Morgan fingerprint density at radius 1 is 1.08 bits per heavy atom. The molecule has 0 spiro atoms. The molecule has 1 aliphatic heterocycles. The third-order valence-corrected chi connectivity index (χ3v) is 4.37. The van der Waals surface area contributed by atoms with Gasteiger partial charge >= 0.3 is 0 Å². The summed E-state index contributed by atoms with van der Waals surface area (Å²) in [6.45, 7) is 8.74. The summed E-state index contributed by atoms with van der Waals surface area (Å²) in [6, 6.07) is 10.5. The fourth-order valence-electron chi connectivity index (χ4n) is 2.98. The minimum atomic E-state index is -0.316. The second-order valence-electron chi connectivity index (χ2n) is 6.38. The van der Waals surface area contributed by atoms with Gasteiger partial charge in [-0.25, -0.2) is 9.37 Å². The summed E-state index contributed by atoms with van der Waals surface area (Å²) >= 11 is 0. The molecule has 3 rings (SSSR count). The fourth-order valence-corrected chi connectivity index (χ4v) is 2.98. The highest BCUT2D eigenvalue weighted by Gasteiger charge is 2.17. The van der Waals surface area contributed by atoms with E-state index >= 15 is 0 Å². The quantitative estimate of drug-likeness (QED) is 0.850. The van der Waals surface area contributed by atoms with E-state index in [1.54, 1.807) is 12.1 Å². The van der Waals surface area contributed by atoms with Crippen molar-refractivity contribution in [1.29, 1.82) is 0 Å². The van der Waals surface area contributed by atoms with Gasteiger partial charge in [-0.05, 0) is 38.5 Å². The lowest BCUT2D eigenvalue weighted by Crippen LogP contribution is -2.35. The van der Waals surface area contributed by atoms with Gasteiger partial charge in [0.2, 0.25) is 5.88 Å². The van der Waals surface area contributed by atoms with E-state index in [-0.39, 0.29) is 5.82 Å². The van der Waals surface area contributed by atoms with E-state index in [0.29, 0.717) is 17.7 Å². The Bertz CT molecular complexity index is 660. The van der Waals surface area contributed by atoms with Crippen LogP contribution in [0.1, 0.15) is 20.3 Å². The van der Waals surface area contributed by atoms with E-state index in [9.17, 15) is 4.39 Å². The number of benzene rings is 1. The van der Waals surface area contributed by atoms with Crippen molar-refractivity contribution in [2.24, 2.45) is 0 Å². The summed E-state index contributed by atoms with van der Waals surface area (Å²) in [5.74, 6) is 0.615. The lowest BCUT2D eigenvalue weighted by molar-refractivity contribution is 0.238. The SMILES string of the molecule is CC(C)N1CCCN(c2ccc(Oc3cccc(F)c3)nc2)CC1. The monoisotopic (exact) mass is 329 g/mol. The molecule has 1 aromatic carbocycles. The van der Waals surface area contributed by atoms with Gasteiger partial charge in [0.1, 0.15) is 11.6 Å². The summed E-state index contributed by atoms with van der Waals surface area (Å²) in [4.78, 5) is 9.23. The zero-order valence-corrected chi connectivity index (χ0v) is 14.3. The number of nitrogens with zero attached hydrogens (tertiary/aromatic N) is 3. The Kier molecular flexibility index (Phi) is 5.30. The molecular weight excluding hydrogens is 305 g/mol. The standard InChI is InChI=1S/C19H24FN3O/c1-15(2)22-9-4-10-23(12-11-22)17-7-8-19(21-14-17)24-18-6-3-5-16(20)13-18/h3,5-8,13-15H,4,9-12H2,1-2H3. The highest BCUT2D eigenvalue weighted by atomic mass is 19.1. The van der Waals surface area contributed by atoms with E-state index in [2.05, 4.69) is 28.6 Å². The van der Waals surface area contributed by atoms with E-state index in [1.165, 1.54) is 12.1 Å². The maximum absolute atomic E-state index is 13.2. The van der Waals surface area contributed by atoms with Crippen molar-refractivity contribution in [2.75, 3.05) is 31.1 Å². The van der Waals surface area contributed by atoms with Crippen LogP contribution in [0.25, 0.3) is 0 Å². The maximum Gasteiger partial charge on any atom is 0.219 e. The molecule has 0 atom stereocenters. The summed E-state index contributed by atoms with van der Waals surface area (Å²) in [5.41, 5.74) is 1.10. The number of rotatable bonds is 4. The van der Waals surface area contributed by atoms with Crippen LogP contribution in [0.2, 0.25) is 0 Å². The molecule has 5 heteroatoms. The second-order valence-corrected chi connectivity index (χ2v) is 6.38. The van der Waals surface area contributed by atoms with Crippen molar-refractivity contribution >= 4 is 5.69 Å². The zero-order chi connectivity index (χ0) is 16.9. The summed E-state index contributed by atoms with van der Waals surface area (Å²) in [6.07, 6.45) is 2.99. The summed E-state index contributed by atoms with van der Waals surface area (Å²) in [5, 5.41) is 0. The Morgan fingerprint density at radius 3 is 2.67 bits per heavy atom. The molecule has 0 saturated carbocycles. The highest BCUT2D eigenvalue weighted by molar-refractivity contribution is 5.46. The van der Waals surface area contributed by atoms with Gasteiger partial charge in [-0.2, -0.15) is 0 Å². The molecule has 1 fully saturated rings. The maximum atomic E-state index is 13.2. The van der Waals surface area contributed by atoms with Crippen molar-refractivity contribution in [1.82, 2.24) is 9.88 Å². The molecule has 0 amide bonds. The molecular formula is C19H24FN3O. The van der Waals surface area contributed by atoms with Gasteiger partial charge in [-0.15, -0.1) is 0 Å². The predicted molar refractivity (Wildman–Crippen MR) is 94.3 cm³/mol. The third kappa shape index (κ3) is 4.23. The van der Waals surface area contributed by atoms with Gasteiger partial charge in [0, 0.05) is 44.4 Å². The van der Waals surface area contributed by atoms with Crippen LogP contribution in [0.3, 0.4) is 0 Å². The minimum Gasteiger partial charge on any atom is -0.439 e. The van der Waals surface area contributed by atoms with Crippen molar-refractivity contribution in [3.63, 3.8) is 0 Å². The molecule has 0 bridgehead atoms. The van der Waals surface area contributed by atoms with Gasteiger partial charge in [-0.1, -0.05) is 6.07 Å². The lowest BCUT2D eigenvalue weighted by Gasteiger charge is -2.25. The molecule has 128 valence electrons. The number of anilines is 1. The Morgan fingerprint density at radius 2 is 1.96 bits per heavy atom. The van der Waals surface area contributed by atoms with E-state index < -0.39 is 0 Å². The van der Waals surface area contributed by atoms with E-state index in [4.69, 9.17) is 4.74 Å². The summed E-state index contributed by atoms with van der Waals surface area (Å²) in [7, 11) is 0. The molecule has 0 unspecified atom stereocenters. The highest BCUT2D eigenvalue weighted by Crippen LogP contribution is 2.23. The first-order valence-corrected chi connectivity index (χ1v) is 8.50. The van der Waals surface area contributed by atoms with Crippen LogP contribution in [0.15, 0.2) is 42.6 Å². The van der Waals surface area contributed by atoms with Gasteiger partial charge in [-0.3, -0.25) is 4.90 Å². The first kappa shape index (κ1) is 16.7. The van der Waals surface area contributed by atoms with Crippen molar-refractivity contribution in [3.05, 3.63) is 48.4 Å². The average molecular weight is 329 g/mol. The van der Waals surface area contributed by atoms with Crippen LogP contribution in [0.5, 0.6) is 11.6 Å². The minimum absolute atomic E-state index is 0.316. The molecule has 2 aromatic rings. The smallest absolute Gasteiger partial charge is 0.219 e. The van der Waals surface area contributed by atoms with Gasteiger partial charge in [0.25, 0.3) is 0 Å². The molecule has 24 heavy (non-hydrogen) atoms. The molecule has 2 heterocycles. The van der Waals surface area contributed by atoms with Crippen LogP contribution >= 0.6 is 0 Å². The average Bonchev–Trinajstić information content (AvgIpc) is 2.82. The second kappa shape index (κ2) is 7.62. The van der Waals surface area contributed by atoms with E-state index in [0.717, 1.165) is 38.3 Å². The largest absolute Gasteiger partial charge is 0.439 e. The van der Waals surface area contributed by atoms with Crippen molar-refractivity contribution < 1.29 is 9.13 Å². The fraction of sp³-hybridized carbons (Fsp3) is 0.421. The molecule has 1 aromatic heterocycles. The number of pyridine rings is 1. The number of aromatic nitrogens is 1. The first-order chi connectivity index (χ1) is 11.6. The van der Waals surface area contributed by atoms with Crippen LogP contribution in [-0.4, -0.2) is 42.1 Å². The number of ether oxygens (including phenoxy) is 1. The first-order valence-electron chi connectivity index (χ1n) is 8.50. The van der Waals surface area contributed by atoms with Crippen LogP contribution < -0.4 is 9.64 Å². The summed E-state index contributed by atoms with van der Waals surface area (Å²) < 4.78 is 18.8. The molecule has 0 radical (unpaired) electrons. The Balaban J connectivity index is 1.64. The lowest BCUT2D eigenvalue weighted by atomic mass is 10.3. The zero-order valence-electron chi connectivity index (χ0n) is 14.3. The molecule has 0 aliphatic carbocycles. The van der Waals surface area contributed by atoms with Crippen LogP contribution in [0, 0.1) is 5.82 Å². The Hall–Kier alpha value is -2.14. The molecule has 4 nitrogen and oxygen atoms in total. The third-order valence-electron chi connectivity index (χ3n) is 4.37. The molecule has 0 N–H and O–H groups in total. The van der Waals surface area contributed by atoms with Crippen LogP contribution in [-0.2, 0) is 0 Å². The van der Waals surface area contributed by atoms with Gasteiger partial charge in [0.15, 0.2) is 0 Å². The number of halogens is 1. The number of hydrogen-bond acceptors (Lipinski definition) is 4. The van der Waals surface area contributed by atoms with Gasteiger partial charge in [0.05, 0.1) is 11.9 Å². The van der Waals surface area contributed by atoms with Crippen molar-refractivity contribution in [3.8, 4) is 11.6 Å². The van der Waals surface area contributed by atoms with Crippen molar-refractivity contribution in [2.45, 2.75) is 26.3 Å². The molecule has 1 saturated heterocycles. The predicted octanol–water partition coefficient (Wildman–Crippen LogP) is 3.93. The number of hydrogen-bond donors (Lipinski definition) is 0.